The zero-order chi connectivity index (χ0) is 26.6. The first-order valence-electron chi connectivity index (χ1n) is 12.5. The molecule has 0 bridgehead atoms. The van der Waals surface area contributed by atoms with Gasteiger partial charge in [0.25, 0.3) is 0 Å². The molecule has 198 valence electrons. The molecule has 0 aliphatic heterocycles. The number of benzene rings is 3. The van der Waals surface area contributed by atoms with E-state index in [0.717, 1.165) is 29.4 Å². The van der Waals surface area contributed by atoms with Gasteiger partial charge < -0.3 is 29.2 Å². The number of ketones is 1. The lowest BCUT2D eigenvalue weighted by atomic mass is 10.0. The Hall–Kier alpha value is -3.78. The molecule has 0 amide bonds. The topological polar surface area (TPSA) is 112 Å². The summed E-state index contributed by atoms with van der Waals surface area (Å²) in [5, 5.41) is 21.1. The minimum atomic E-state index is -1.02. The number of carboxylic acids is 1. The number of fused-ring (bicyclic) bond motifs is 1. The summed E-state index contributed by atoms with van der Waals surface area (Å²) in [4.78, 5) is 22.4. The van der Waals surface area contributed by atoms with Crippen LogP contribution in [0.4, 0.5) is 0 Å². The highest BCUT2D eigenvalue weighted by Crippen LogP contribution is 2.33. The Labute approximate surface area is 216 Å². The fourth-order valence-electron chi connectivity index (χ4n) is 3.85. The maximum absolute atomic E-state index is 11.7. The Morgan fingerprint density at radius 2 is 1.46 bits per heavy atom. The second-order valence-electron chi connectivity index (χ2n) is 8.61. The molecule has 0 saturated heterocycles. The number of rotatable bonds is 16. The fourth-order valence-corrected chi connectivity index (χ4v) is 3.85. The predicted molar refractivity (Wildman–Crippen MR) is 140 cm³/mol. The lowest BCUT2D eigenvalue weighted by molar-refractivity contribution is -0.139. The molecule has 0 heterocycles. The van der Waals surface area contributed by atoms with Gasteiger partial charge in [-0.05, 0) is 60.5 Å². The standard InChI is InChI=1S/C29H34O8/c1-3-6-26-27(12-11-25(20(2)30)29(26)33)36-16-5-14-34-13-4-15-35-23-9-7-21-8-10-24(18-22(21)17-23)37-19-28(31)32/h7-12,17-18,33H,3-6,13-16,19H2,1-2H3,(H,31,32). The van der Waals surface area contributed by atoms with Crippen LogP contribution < -0.4 is 14.2 Å². The largest absolute Gasteiger partial charge is 0.507 e. The van der Waals surface area contributed by atoms with Gasteiger partial charge >= 0.3 is 5.97 Å². The van der Waals surface area contributed by atoms with E-state index < -0.39 is 5.97 Å². The molecule has 0 radical (unpaired) electrons. The van der Waals surface area contributed by atoms with Crippen molar-refractivity contribution in [3.8, 4) is 23.0 Å². The van der Waals surface area contributed by atoms with Gasteiger partial charge in [-0.1, -0.05) is 25.5 Å². The third-order valence-electron chi connectivity index (χ3n) is 5.66. The molecule has 0 spiro atoms. The number of hydrogen-bond donors (Lipinski definition) is 2. The van der Waals surface area contributed by atoms with Crippen LogP contribution in [0.25, 0.3) is 10.8 Å². The smallest absolute Gasteiger partial charge is 0.341 e. The lowest BCUT2D eigenvalue weighted by Gasteiger charge is -2.14. The number of ether oxygens (including phenoxy) is 4. The van der Waals surface area contributed by atoms with E-state index in [-0.39, 0.29) is 18.1 Å². The second kappa shape index (κ2) is 14.1. The average Bonchev–Trinajstić information content (AvgIpc) is 2.87. The number of hydrogen-bond acceptors (Lipinski definition) is 7. The molecule has 0 atom stereocenters. The van der Waals surface area contributed by atoms with E-state index in [4.69, 9.17) is 24.1 Å². The molecule has 3 aromatic rings. The zero-order valence-electron chi connectivity index (χ0n) is 21.3. The Morgan fingerprint density at radius 3 is 2.08 bits per heavy atom. The van der Waals surface area contributed by atoms with E-state index in [1.165, 1.54) is 6.92 Å². The molecule has 0 aromatic heterocycles. The number of Topliss-reactive ketones (excluding diaryl/α,β-unsaturated/α-hetero) is 1. The normalized spacial score (nSPS) is 10.9. The fraction of sp³-hybridized carbons (Fsp3) is 0.379. The summed E-state index contributed by atoms with van der Waals surface area (Å²) in [7, 11) is 0. The number of aromatic hydroxyl groups is 1. The van der Waals surface area contributed by atoms with Gasteiger partial charge in [-0.3, -0.25) is 4.79 Å². The number of carbonyl (C=O) groups is 2. The summed E-state index contributed by atoms with van der Waals surface area (Å²) < 4.78 is 22.6. The number of carbonyl (C=O) groups excluding carboxylic acids is 1. The molecule has 8 nitrogen and oxygen atoms in total. The van der Waals surface area contributed by atoms with Gasteiger partial charge in [0.1, 0.15) is 23.0 Å². The van der Waals surface area contributed by atoms with Crippen molar-refractivity contribution in [1.29, 1.82) is 0 Å². The molecular weight excluding hydrogens is 476 g/mol. The van der Waals surface area contributed by atoms with Crippen LogP contribution in [-0.4, -0.2) is 55.0 Å². The number of carboxylic acid groups (broad SMARTS) is 1. The Bertz CT molecular complexity index is 1200. The van der Waals surface area contributed by atoms with Crippen molar-refractivity contribution in [1.82, 2.24) is 0 Å². The van der Waals surface area contributed by atoms with E-state index in [0.29, 0.717) is 61.9 Å². The van der Waals surface area contributed by atoms with E-state index in [1.54, 1.807) is 24.3 Å². The molecule has 3 aromatic carbocycles. The van der Waals surface area contributed by atoms with Gasteiger partial charge in [-0.25, -0.2) is 4.79 Å². The first-order chi connectivity index (χ1) is 17.9. The zero-order valence-corrected chi connectivity index (χ0v) is 21.3. The number of aliphatic carboxylic acids is 1. The van der Waals surface area contributed by atoms with Gasteiger partial charge in [-0.2, -0.15) is 0 Å². The Kier molecular flexibility index (Phi) is 10.6. The van der Waals surface area contributed by atoms with Gasteiger partial charge in [0.15, 0.2) is 12.4 Å². The second-order valence-corrected chi connectivity index (χ2v) is 8.61. The van der Waals surface area contributed by atoms with Crippen LogP contribution in [0.1, 0.15) is 49.0 Å². The summed E-state index contributed by atoms with van der Waals surface area (Å²) in [6.07, 6.45) is 2.88. The van der Waals surface area contributed by atoms with E-state index in [1.807, 2.05) is 31.2 Å². The average molecular weight is 511 g/mol. The first-order valence-corrected chi connectivity index (χ1v) is 12.5. The third-order valence-corrected chi connectivity index (χ3v) is 5.66. The van der Waals surface area contributed by atoms with E-state index in [9.17, 15) is 14.7 Å². The predicted octanol–water partition coefficient (Wildman–Crippen LogP) is 5.42. The van der Waals surface area contributed by atoms with Crippen LogP contribution >= 0.6 is 0 Å². The molecule has 2 N–H and O–H groups in total. The molecule has 0 saturated carbocycles. The molecule has 3 rings (SSSR count). The van der Waals surface area contributed by atoms with E-state index in [2.05, 4.69) is 0 Å². The van der Waals surface area contributed by atoms with Crippen LogP contribution in [0.2, 0.25) is 0 Å². The van der Waals surface area contributed by atoms with Gasteiger partial charge in [0.05, 0.1) is 18.8 Å². The number of phenolic OH excluding ortho intramolecular Hbond substituents is 1. The maximum atomic E-state index is 11.7. The highest BCUT2D eigenvalue weighted by atomic mass is 16.5. The summed E-state index contributed by atoms with van der Waals surface area (Å²) in [5.41, 5.74) is 0.991. The van der Waals surface area contributed by atoms with Gasteiger partial charge in [0, 0.05) is 31.6 Å². The Morgan fingerprint density at radius 1 is 0.811 bits per heavy atom. The van der Waals surface area contributed by atoms with Crippen molar-refractivity contribution in [3.63, 3.8) is 0 Å². The van der Waals surface area contributed by atoms with Gasteiger partial charge in [0.2, 0.25) is 0 Å². The molecule has 37 heavy (non-hydrogen) atoms. The van der Waals surface area contributed by atoms with Crippen molar-refractivity contribution in [2.24, 2.45) is 0 Å². The summed E-state index contributed by atoms with van der Waals surface area (Å²) in [5.74, 6) is 0.647. The highest BCUT2D eigenvalue weighted by molar-refractivity contribution is 5.97. The Balaban J connectivity index is 1.35. The summed E-state index contributed by atoms with van der Waals surface area (Å²) >= 11 is 0. The third kappa shape index (κ3) is 8.39. The van der Waals surface area contributed by atoms with Crippen molar-refractivity contribution in [3.05, 3.63) is 59.7 Å². The van der Waals surface area contributed by atoms with Gasteiger partial charge in [-0.15, -0.1) is 0 Å². The molecule has 0 aliphatic carbocycles. The monoisotopic (exact) mass is 510 g/mol. The maximum Gasteiger partial charge on any atom is 0.341 e. The number of phenols is 1. The van der Waals surface area contributed by atoms with Crippen LogP contribution in [0.3, 0.4) is 0 Å². The van der Waals surface area contributed by atoms with Crippen molar-refractivity contribution < 1.29 is 38.7 Å². The first kappa shape index (κ1) is 27.8. The molecule has 8 heteroatoms. The minimum absolute atomic E-state index is 0.0153. The quantitative estimate of drug-likeness (QED) is 0.194. The molecule has 0 unspecified atom stereocenters. The molecular formula is C29H34O8. The van der Waals surface area contributed by atoms with E-state index >= 15 is 0 Å². The van der Waals surface area contributed by atoms with Crippen LogP contribution in [-0.2, 0) is 16.0 Å². The van der Waals surface area contributed by atoms with Crippen LogP contribution in [0, 0.1) is 0 Å². The van der Waals surface area contributed by atoms with Crippen molar-refractivity contribution in [2.45, 2.75) is 39.5 Å². The van der Waals surface area contributed by atoms with Crippen molar-refractivity contribution in [2.75, 3.05) is 33.0 Å². The van der Waals surface area contributed by atoms with Crippen LogP contribution in [0.15, 0.2) is 48.5 Å². The highest BCUT2D eigenvalue weighted by Gasteiger charge is 2.15. The van der Waals surface area contributed by atoms with Crippen molar-refractivity contribution >= 4 is 22.5 Å². The van der Waals surface area contributed by atoms with Crippen LogP contribution in [0.5, 0.6) is 23.0 Å². The summed E-state index contributed by atoms with van der Waals surface area (Å²) in [6, 6.07) is 14.5. The lowest BCUT2D eigenvalue weighted by Crippen LogP contribution is -2.09. The summed E-state index contributed by atoms with van der Waals surface area (Å²) in [6.45, 7) is 5.10. The minimum Gasteiger partial charge on any atom is -0.507 e. The SMILES string of the molecule is CCCc1c(OCCCOCCCOc2ccc3ccc(OCC(=O)O)cc3c2)ccc(C(C)=O)c1O. The molecule has 0 aliphatic rings. The molecule has 0 fully saturated rings.